The summed E-state index contributed by atoms with van der Waals surface area (Å²) in [6, 6.07) is 4.03. The zero-order valence-corrected chi connectivity index (χ0v) is 9.32. The van der Waals surface area contributed by atoms with E-state index < -0.39 is 0 Å². The van der Waals surface area contributed by atoms with E-state index >= 15 is 0 Å². The molecule has 1 aromatic carbocycles. The summed E-state index contributed by atoms with van der Waals surface area (Å²) >= 11 is 0. The van der Waals surface area contributed by atoms with Crippen LogP contribution in [0.2, 0.25) is 0 Å². The van der Waals surface area contributed by atoms with Crippen LogP contribution in [0.1, 0.15) is 17.3 Å². The number of amides is 1. The highest BCUT2D eigenvalue weighted by molar-refractivity contribution is 5.96. The predicted octanol–water partition coefficient (Wildman–Crippen LogP) is 0.435. The highest BCUT2D eigenvalue weighted by Gasteiger charge is 2.11. The molecule has 0 aromatic heterocycles. The van der Waals surface area contributed by atoms with E-state index in [1.165, 1.54) is 12.1 Å². The van der Waals surface area contributed by atoms with Crippen LogP contribution >= 0.6 is 0 Å². The molecule has 0 heterocycles. The minimum atomic E-state index is -0.361. The van der Waals surface area contributed by atoms with Crippen LogP contribution in [0.5, 0.6) is 11.5 Å². The zero-order chi connectivity index (χ0) is 12.1. The Morgan fingerprint density at radius 1 is 1.44 bits per heavy atom. The fraction of sp³-hybridized carbons (Fsp3) is 0.364. The third-order valence-electron chi connectivity index (χ3n) is 2.29. The Kier molecular flexibility index (Phi) is 4.13. The zero-order valence-electron chi connectivity index (χ0n) is 9.32. The van der Waals surface area contributed by atoms with Gasteiger partial charge in [0, 0.05) is 18.7 Å². The first kappa shape index (κ1) is 12.3. The Morgan fingerprint density at radius 3 is 2.69 bits per heavy atom. The Hall–Kier alpha value is -1.75. The van der Waals surface area contributed by atoms with Gasteiger partial charge in [-0.3, -0.25) is 4.79 Å². The average molecular weight is 224 g/mol. The van der Waals surface area contributed by atoms with Crippen LogP contribution in [-0.2, 0) is 0 Å². The van der Waals surface area contributed by atoms with Gasteiger partial charge in [0.1, 0.15) is 11.5 Å². The van der Waals surface area contributed by atoms with Crippen molar-refractivity contribution in [1.82, 2.24) is 10.6 Å². The number of phenolic OH excluding ortho intramolecular Hbond substituents is 2. The second-order valence-electron chi connectivity index (χ2n) is 3.60. The maximum Gasteiger partial charge on any atom is 0.255 e. The quantitative estimate of drug-likeness (QED) is 0.598. The van der Waals surface area contributed by atoms with Crippen LogP contribution in [0.4, 0.5) is 0 Å². The summed E-state index contributed by atoms with van der Waals surface area (Å²) in [5.74, 6) is -0.660. The molecule has 0 saturated heterocycles. The van der Waals surface area contributed by atoms with Crippen LogP contribution in [-0.4, -0.2) is 35.8 Å². The first-order chi connectivity index (χ1) is 7.54. The van der Waals surface area contributed by atoms with E-state index in [1.54, 1.807) is 7.05 Å². The van der Waals surface area contributed by atoms with Crippen molar-refractivity contribution in [2.24, 2.45) is 0 Å². The van der Waals surface area contributed by atoms with Crippen molar-refractivity contribution >= 4 is 5.91 Å². The fourth-order valence-corrected chi connectivity index (χ4v) is 1.16. The van der Waals surface area contributed by atoms with Crippen molar-refractivity contribution in [3.8, 4) is 11.5 Å². The van der Waals surface area contributed by atoms with Gasteiger partial charge in [-0.2, -0.15) is 0 Å². The molecule has 4 N–H and O–H groups in total. The van der Waals surface area contributed by atoms with E-state index in [9.17, 15) is 9.90 Å². The molecule has 0 aliphatic heterocycles. The third-order valence-corrected chi connectivity index (χ3v) is 2.29. The lowest BCUT2D eigenvalue weighted by molar-refractivity contribution is 0.0948. The number of carbonyl (C=O) groups excluding carboxylic acids is 1. The molecule has 1 atom stereocenters. The molecule has 0 saturated carbocycles. The molecule has 0 spiro atoms. The highest BCUT2D eigenvalue weighted by atomic mass is 16.3. The second kappa shape index (κ2) is 5.37. The van der Waals surface area contributed by atoms with Crippen LogP contribution < -0.4 is 10.6 Å². The smallest absolute Gasteiger partial charge is 0.255 e. The largest absolute Gasteiger partial charge is 0.508 e. The Labute approximate surface area is 94.1 Å². The lowest BCUT2D eigenvalue weighted by Crippen LogP contribution is -2.37. The third kappa shape index (κ3) is 3.13. The van der Waals surface area contributed by atoms with Gasteiger partial charge in [0.25, 0.3) is 5.91 Å². The number of hydrogen-bond donors (Lipinski definition) is 4. The van der Waals surface area contributed by atoms with Gasteiger partial charge in [-0.15, -0.1) is 0 Å². The van der Waals surface area contributed by atoms with Crippen LogP contribution in [0, 0.1) is 0 Å². The van der Waals surface area contributed by atoms with Gasteiger partial charge in [-0.25, -0.2) is 0 Å². The number of phenols is 2. The van der Waals surface area contributed by atoms with Gasteiger partial charge in [-0.1, -0.05) is 0 Å². The molecule has 5 heteroatoms. The van der Waals surface area contributed by atoms with Gasteiger partial charge < -0.3 is 20.8 Å². The van der Waals surface area contributed by atoms with E-state index in [-0.39, 0.29) is 29.0 Å². The molecule has 0 aliphatic carbocycles. The van der Waals surface area contributed by atoms with Crippen LogP contribution in [0.15, 0.2) is 18.2 Å². The number of benzene rings is 1. The molecule has 1 amide bonds. The molecule has 5 nitrogen and oxygen atoms in total. The van der Waals surface area contributed by atoms with Crippen molar-refractivity contribution < 1.29 is 15.0 Å². The molecule has 0 bridgehead atoms. The van der Waals surface area contributed by atoms with Crippen molar-refractivity contribution in [3.63, 3.8) is 0 Å². The lowest BCUT2D eigenvalue weighted by Gasteiger charge is -2.12. The van der Waals surface area contributed by atoms with Crippen molar-refractivity contribution in [2.45, 2.75) is 13.0 Å². The normalized spacial score (nSPS) is 12.1. The molecule has 0 aliphatic rings. The number of aromatic hydroxyl groups is 2. The molecular weight excluding hydrogens is 208 g/mol. The molecule has 88 valence electrons. The Balaban J connectivity index is 2.66. The number of hydrogen-bond acceptors (Lipinski definition) is 4. The summed E-state index contributed by atoms with van der Waals surface area (Å²) in [5.41, 5.74) is 0.154. The van der Waals surface area contributed by atoms with Crippen molar-refractivity contribution in [3.05, 3.63) is 23.8 Å². The number of rotatable bonds is 4. The average Bonchev–Trinajstić information content (AvgIpc) is 2.25. The molecule has 16 heavy (non-hydrogen) atoms. The van der Waals surface area contributed by atoms with Crippen LogP contribution in [0.3, 0.4) is 0 Å². The minimum absolute atomic E-state index is 0.0716. The fourth-order valence-electron chi connectivity index (χ4n) is 1.16. The molecule has 0 fully saturated rings. The summed E-state index contributed by atoms with van der Waals surface area (Å²) < 4.78 is 0. The van der Waals surface area contributed by atoms with Crippen molar-refractivity contribution in [2.75, 3.05) is 13.6 Å². The maximum absolute atomic E-state index is 11.6. The summed E-state index contributed by atoms with van der Waals surface area (Å²) in [7, 11) is 1.80. The molecule has 0 radical (unpaired) electrons. The summed E-state index contributed by atoms with van der Waals surface area (Å²) in [5, 5.41) is 24.2. The van der Waals surface area contributed by atoms with E-state index in [1.807, 2.05) is 6.92 Å². The van der Waals surface area contributed by atoms with E-state index in [2.05, 4.69) is 10.6 Å². The molecule has 1 rings (SSSR count). The second-order valence-corrected chi connectivity index (χ2v) is 3.60. The highest BCUT2D eigenvalue weighted by Crippen LogP contribution is 2.22. The number of carbonyl (C=O) groups is 1. The van der Waals surface area contributed by atoms with E-state index in [0.29, 0.717) is 6.54 Å². The molecule has 1 unspecified atom stereocenters. The Morgan fingerprint density at radius 2 is 2.12 bits per heavy atom. The summed E-state index contributed by atoms with van der Waals surface area (Å²) in [6.07, 6.45) is 0. The van der Waals surface area contributed by atoms with Gasteiger partial charge >= 0.3 is 0 Å². The van der Waals surface area contributed by atoms with Gasteiger partial charge in [0.15, 0.2) is 0 Å². The van der Waals surface area contributed by atoms with Crippen LogP contribution in [0.25, 0.3) is 0 Å². The minimum Gasteiger partial charge on any atom is -0.508 e. The van der Waals surface area contributed by atoms with Gasteiger partial charge in [0.05, 0.1) is 5.56 Å². The monoisotopic (exact) mass is 224 g/mol. The lowest BCUT2D eigenvalue weighted by atomic mass is 10.1. The van der Waals surface area contributed by atoms with Gasteiger partial charge in [0.2, 0.25) is 0 Å². The van der Waals surface area contributed by atoms with E-state index in [0.717, 1.165) is 6.07 Å². The SMILES string of the molecule is CNC(C)CNC(=O)c1ccc(O)cc1O. The summed E-state index contributed by atoms with van der Waals surface area (Å²) in [4.78, 5) is 11.6. The molecular formula is C11H16N2O3. The number of nitrogens with one attached hydrogen (secondary N) is 2. The maximum atomic E-state index is 11.6. The topological polar surface area (TPSA) is 81.6 Å². The standard InChI is InChI=1S/C11H16N2O3/c1-7(12-2)6-13-11(16)9-4-3-8(14)5-10(9)15/h3-5,7,12,14-15H,6H2,1-2H3,(H,13,16). The first-order valence-electron chi connectivity index (χ1n) is 5.02. The predicted molar refractivity (Wildman–Crippen MR) is 60.6 cm³/mol. The number of likely N-dealkylation sites (N-methyl/N-ethyl adjacent to an activating group) is 1. The summed E-state index contributed by atoms with van der Waals surface area (Å²) in [6.45, 7) is 2.40. The van der Waals surface area contributed by atoms with Gasteiger partial charge in [-0.05, 0) is 26.1 Å². The Bertz CT molecular complexity index is 379. The van der Waals surface area contributed by atoms with E-state index in [4.69, 9.17) is 5.11 Å². The first-order valence-corrected chi connectivity index (χ1v) is 5.02. The molecule has 1 aromatic rings. The van der Waals surface area contributed by atoms with Crippen molar-refractivity contribution in [1.29, 1.82) is 0 Å².